The summed E-state index contributed by atoms with van der Waals surface area (Å²) in [5.41, 5.74) is 7.76. The summed E-state index contributed by atoms with van der Waals surface area (Å²) in [5, 5.41) is 0.904. The van der Waals surface area contributed by atoms with Crippen molar-refractivity contribution in [3.63, 3.8) is 0 Å². The van der Waals surface area contributed by atoms with Crippen molar-refractivity contribution in [2.75, 3.05) is 11.9 Å². The first-order chi connectivity index (χ1) is 9.02. The predicted octanol–water partition coefficient (Wildman–Crippen LogP) is 5.27. The largest absolute Gasteiger partial charge is 0.344 e. The zero-order valence-electron chi connectivity index (χ0n) is 12.0. The van der Waals surface area contributed by atoms with Gasteiger partial charge in [-0.3, -0.25) is 0 Å². The number of rotatable bonds is 3. The first-order valence-corrected chi connectivity index (χ1v) is 7.61. The Bertz CT molecular complexity index is 590. The zero-order chi connectivity index (χ0) is 14.0. The van der Waals surface area contributed by atoms with Gasteiger partial charge in [0, 0.05) is 23.8 Å². The van der Waals surface area contributed by atoms with Crippen LogP contribution in [0.5, 0.6) is 0 Å². The molecule has 0 saturated carbocycles. The fraction of sp³-hybridized carbons (Fsp3) is 0.294. The highest BCUT2D eigenvalue weighted by Gasteiger charge is 2.09. The van der Waals surface area contributed by atoms with E-state index in [1.807, 2.05) is 0 Å². The third-order valence-electron chi connectivity index (χ3n) is 3.49. The maximum Gasteiger partial charge on any atom is 0.0438 e. The average molecular weight is 318 g/mol. The van der Waals surface area contributed by atoms with Crippen molar-refractivity contribution in [2.24, 2.45) is 0 Å². The van der Waals surface area contributed by atoms with Gasteiger partial charge in [-0.25, -0.2) is 0 Å². The predicted molar refractivity (Wildman–Crippen MR) is 87.8 cm³/mol. The van der Waals surface area contributed by atoms with Gasteiger partial charge in [0.1, 0.15) is 0 Å². The summed E-state index contributed by atoms with van der Waals surface area (Å²) in [5.74, 6) is 0. The number of anilines is 2. The van der Waals surface area contributed by atoms with Gasteiger partial charge in [-0.2, -0.15) is 0 Å². The zero-order valence-corrected chi connectivity index (χ0v) is 13.6. The normalized spacial score (nSPS) is 10.6. The van der Waals surface area contributed by atoms with Gasteiger partial charge in [-0.05, 0) is 49.6 Å². The minimum Gasteiger partial charge on any atom is -0.344 e. The Kier molecular flexibility index (Phi) is 4.31. The summed E-state index contributed by atoms with van der Waals surface area (Å²) < 4.78 is 0. The van der Waals surface area contributed by atoms with E-state index in [1.54, 1.807) is 0 Å². The van der Waals surface area contributed by atoms with Crippen LogP contribution < -0.4 is 4.90 Å². The van der Waals surface area contributed by atoms with Crippen LogP contribution in [0.3, 0.4) is 0 Å². The maximum atomic E-state index is 3.50. The lowest BCUT2D eigenvalue weighted by Crippen LogP contribution is -2.12. The molecule has 0 aliphatic rings. The summed E-state index contributed by atoms with van der Waals surface area (Å²) in [6, 6.07) is 13.2. The molecule has 19 heavy (non-hydrogen) atoms. The second kappa shape index (κ2) is 5.79. The van der Waals surface area contributed by atoms with Gasteiger partial charge in [-0.1, -0.05) is 45.8 Å². The van der Waals surface area contributed by atoms with Crippen molar-refractivity contribution in [1.82, 2.24) is 0 Å². The molecule has 0 heterocycles. The van der Waals surface area contributed by atoms with Crippen molar-refractivity contribution in [1.29, 1.82) is 0 Å². The number of nitrogens with zero attached hydrogens (tertiary/aromatic N) is 1. The fourth-order valence-corrected chi connectivity index (χ4v) is 2.84. The number of benzene rings is 2. The number of halogens is 1. The fourth-order valence-electron chi connectivity index (χ4n) is 2.49. The van der Waals surface area contributed by atoms with Crippen LogP contribution in [-0.4, -0.2) is 7.05 Å². The molecule has 2 rings (SSSR count). The molecule has 0 N–H and O–H groups in total. The smallest absolute Gasteiger partial charge is 0.0438 e. The molecular formula is C17H20BrN. The molecule has 2 aromatic rings. The summed E-state index contributed by atoms with van der Waals surface area (Å²) in [7, 11) is 2.13. The molecule has 100 valence electrons. The lowest BCUT2D eigenvalue weighted by atomic mass is 10.1. The minimum atomic E-state index is 0.904. The molecule has 0 bridgehead atoms. The Morgan fingerprint density at radius 3 is 2.00 bits per heavy atom. The lowest BCUT2D eigenvalue weighted by Gasteiger charge is -2.24. The van der Waals surface area contributed by atoms with Crippen molar-refractivity contribution in [3.8, 4) is 0 Å². The monoisotopic (exact) mass is 317 g/mol. The molecule has 0 atom stereocenters. The van der Waals surface area contributed by atoms with E-state index in [4.69, 9.17) is 0 Å². The Labute approximate surface area is 124 Å². The van der Waals surface area contributed by atoms with Crippen molar-refractivity contribution in [2.45, 2.75) is 26.1 Å². The molecule has 0 aliphatic carbocycles. The molecular weight excluding hydrogens is 298 g/mol. The maximum absolute atomic E-state index is 3.50. The van der Waals surface area contributed by atoms with Crippen LogP contribution in [0.1, 0.15) is 22.3 Å². The van der Waals surface area contributed by atoms with Crippen LogP contribution in [-0.2, 0) is 5.33 Å². The minimum absolute atomic E-state index is 0.904. The molecule has 0 saturated heterocycles. The average Bonchev–Trinajstić information content (AvgIpc) is 2.37. The molecule has 0 aromatic heterocycles. The second-order valence-corrected chi connectivity index (χ2v) is 5.66. The Morgan fingerprint density at radius 2 is 1.47 bits per heavy atom. The molecule has 0 unspecified atom stereocenters. The van der Waals surface area contributed by atoms with E-state index in [0.717, 1.165) is 5.33 Å². The van der Waals surface area contributed by atoms with Crippen molar-refractivity contribution in [3.05, 3.63) is 58.7 Å². The van der Waals surface area contributed by atoms with Gasteiger partial charge in [0.05, 0.1) is 0 Å². The molecule has 2 aromatic carbocycles. The SMILES string of the molecule is Cc1ccc(N(C)c2ccc(CBr)cc2C)c(C)c1. The third kappa shape index (κ3) is 3.01. The highest BCUT2D eigenvalue weighted by molar-refractivity contribution is 9.08. The van der Waals surface area contributed by atoms with Gasteiger partial charge in [-0.15, -0.1) is 0 Å². The summed E-state index contributed by atoms with van der Waals surface area (Å²) >= 11 is 3.50. The van der Waals surface area contributed by atoms with Crippen LogP contribution in [0, 0.1) is 20.8 Å². The number of alkyl halides is 1. The lowest BCUT2D eigenvalue weighted by molar-refractivity contribution is 1.15. The van der Waals surface area contributed by atoms with E-state index < -0.39 is 0 Å². The molecule has 2 heteroatoms. The first kappa shape index (κ1) is 14.1. The van der Waals surface area contributed by atoms with Crippen LogP contribution >= 0.6 is 15.9 Å². The van der Waals surface area contributed by atoms with Gasteiger partial charge in [0.2, 0.25) is 0 Å². The van der Waals surface area contributed by atoms with Crippen LogP contribution in [0.4, 0.5) is 11.4 Å². The number of hydrogen-bond donors (Lipinski definition) is 0. The van der Waals surface area contributed by atoms with Crippen molar-refractivity contribution >= 4 is 27.3 Å². The van der Waals surface area contributed by atoms with Gasteiger partial charge < -0.3 is 4.90 Å². The molecule has 0 fully saturated rings. The first-order valence-electron chi connectivity index (χ1n) is 6.49. The second-order valence-electron chi connectivity index (χ2n) is 5.10. The quantitative estimate of drug-likeness (QED) is 0.696. The molecule has 0 amide bonds. The van der Waals surface area contributed by atoms with Crippen molar-refractivity contribution < 1.29 is 0 Å². The van der Waals surface area contributed by atoms with E-state index in [-0.39, 0.29) is 0 Å². The van der Waals surface area contributed by atoms with E-state index >= 15 is 0 Å². The third-order valence-corrected chi connectivity index (χ3v) is 4.14. The van der Waals surface area contributed by atoms with Gasteiger partial charge >= 0.3 is 0 Å². The van der Waals surface area contributed by atoms with E-state index in [9.17, 15) is 0 Å². The highest BCUT2D eigenvalue weighted by atomic mass is 79.9. The topological polar surface area (TPSA) is 3.24 Å². The Morgan fingerprint density at radius 1 is 0.895 bits per heavy atom. The summed E-state index contributed by atoms with van der Waals surface area (Å²) in [4.78, 5) is 2.27. The van der Waals surface area contributed by atoms with Gasteiger partial charge in [0.25, 0.3) is 0 Å². The highest BCUT2D eigenvalue weighted by Crippen LogP contribution is 2.30. The standard InChI is InChI=1S/C17H20BrN/c1-12-5-7-16(13(2)9-12)19(4)17-8-6-15(11-18)10-14(17)3/h5-10H,11H2,1-4H3. The molecule has 0 radical (unpaired) electrons. The number of hydrogen-bond acceptors (Lipinski definition) is 1. The van der Waals surface area contributed by atoms with E-state index in [2.05, 4.69) is 85.0 Å². The summed E-state index contributed by atoms with van der Waals surface area (Å²) in [6.07, 6.45) is 0. The van der Waals surface area contributed by atoms with E-state index in [1.165, 1.54) is 33.6 Å². The number of aryl methyl sites for hydroxylation is 3. The summed E-state index contributed by atoms with van der Waals surface area (Å²) in [6.45, 7) is 6.47. The van der Waals surface area contributed by atoms with Crippen LogP contribution in [0.15, 0.2) is 36.4 Å². The molecule has 1 nitrogen and oxygen atoms in total. The molecule has 0 spiro atoms. The Hall–Kier alpha value is -1.28. The molecule has 0 aliphatic heterocycles. The van der Waals surface area contributed by atoms with Gasteiger partial charge in [0.15, 0.2) is 0 Å². The van der Waals surface area contributed by atoms with E-state index in [0.29, 0.717) is 0 Å². The van der Waals surface area contributed by atoms with Crippen LogP contribution in [0.2, 0.25) is 0 Å². The Balaban J connectivity index is 2.41. The van der Waals surface area contributed by atoms with Crippen LogP contribution in [0.25, 0.3) is 0 Å².